The molecule has 2 aromatic heterocycles. The summed E-state index contributed by atoms with van der Waals surface area (Å²) >= 11 is 0. The summed E-state index contributed by atoms with van der Waals surface area (Å²) in [5, 5.41) is 4.01. The number of hydrogen-bond donors (Lipinski definition) is 4. The number of aromatic amines is 4. The van der Waals surface area contributed by atoms with Crippen LogP contribution in [0.15, 0.2) is 19.2 Å². The molecule has 0 spiro atoms. The molecule has 0 amide bonds. The molecule has 14 heavy (non-hydrogen) atoms. The standard InChI is InChI=1S/C6H4N4O4/c11-3-1-2(4(12)10-9-3)8-6(14)5(13)7-1/h(H,7,13)(H,8,14)(H,9,11)(H,10,12). The first-order valence-corrected chi connectivity index (χ1v) is 3.57. The van der Waals surface area contributed by atoms with Gasteiger partial charge in [-0.3, -0.25) is 29.4 Å². The summed E-state index contributed by atoms with van der Waals surface area (Å²) in [4.78, 5) is 47.8. The molecule has 2 aromatic rings. The summed E-state index contributed by atoms with van der Waals surface area (Å²) in [6.45, 7) is 0. The van der Waals surface area contributed by atoms with E-state index in [1.807, 2.05) is 20.2 Å². The predicted molar refractivity (Wildman–Crippen MR) is 46.4 cm³/mol. The van der Waals surface area contributed by atoms with Crippen LogP contribution < -0.4 is 22.2 Å². The highest BCUT2D eigenvalue weighted by molar-refractivity contribution is 5.70. The molecule has 0 aliphatic carbocycles. The van der Waals surface area contributed by atoms with Crippen LogP contribution in [-0.4, -0.2) is 20.2 Å². The van der Waals surface area contributed by atoms with E-state index in [2.05, 4.69) is 0 Å². The minimum atomic E-state index is -0.978. The second-order valence-electron chi connectivity index (χ2n) is 2.57. The maximum atomic E-state index is 11.1. The first kappa shape index (κ1) is 8.23. The van der Waals surface area contributed by atoms with Crippen molar-refractivity contribution in [2.45, 2.75) is 0 Å². The minimum Gasteiger partial charge on any atom is -0.311 e. The Morgan fingerprint density at radius 1 is 0.571 bits per heavy atom. The van der Waals surface area contributed by atoms with Crippen molar-refractivity contribution in [2.75, 3.05) is 0 Å². The molecule has 0 unspecified atom stereocenters. The second kappa shape index (κ2) is 2.55. The summed E-state index contributed by atoms with van der Waals surface area (Å²) in [6.07, 6.45) is 0. The molecule has 0 aromatic carbocycles. The normalized spacial score (nSPS) is 10.6. The number of aromatic nitrogens is 4. The van der Waals surface area contributed by atoms with Crippen LogP contribution in [-0.2, 0) is 0 Å². The lowest BCUT2D eigenvalue weighted by Gasteiger charge is -1.92. The van der Waals surface area contributed by atoms with Crippen LogP contribution in [0.25, 0.3) is 11.0 Å². The van der Waals surface area contributed by atoms with Crippen LogP contribution in [0, 0.1) is 0 Å². The summed E-state index contributed by atoms with van der Waals surface area (Å²) in [7, 11) is 0. The fourth-order valence-electron chi connectivity index (χ4n) is 1.04. The molecule has 2 heterocycles. The Morgan fingerprint density at radius 2 is 0.929 bits per heavy atom. The first-order chi connectivity index (χ1) is 6.59. The first-order valence-electron chi connectivity index (χ1n) is 3.57. The molecule has 0 aliphatic rings. The number of nitrogens with one attached hydrogen (secondary N) is 4. The molecule has 72 valence electrons. The zero-order valence-corrected chi connectivity index (χ0v) is 6.63. The summed E-state index contributed by atoms with van der Waals surface area (Å²) in [5.74, 6) is 0. The van der Waals surface area contributed by atoms with Crippen LogP contribution in [0.4, 0.5) is 0 Å². The fraction of sp³-hybridized carbons (Fsp3) is 0. The van der Waals surface area contributed by atoms with Crippen molar-refractivity contribution in [1.29, 1.82) is 0 Å². The van der Waals surface area contributed by atoms with Gasteiger partial charge in [-0.05, 0) is 0 Å². The van der Waals surface area contributed by atoms with Crippen LogP contribution in [0.1, 0.15) is 0 Å². The van der Waals surface area contributed by atoms with Gasteiger partial charge in [0.05, 0.1) is 0 Å². The molecule has 2 rings (SSSR count). The molecule has 0 bridgehead atoms. The largest absolute Gasteiger partial charge is 0.314 e. The summed E-state index contributed by atoms with van der Waals surface area (Å²) < 4.78 is 0. The van der Waals surface area contributed by atoms with Gasteiger partial charge in [0.2, 0.25) is 0 Å². The molecule has 8 nitrogen and oxygen atoms in total. The molecule has 8 heteroatoms. The van der Waals surface area contributed by atoms with Gasteiger partial charge in [0.15, 0.2) is 0 Å². The van der Waals surface area contributed by atoms with Crippen molar-refractivity contribution in [3.63, 3.8) is 0 Å². The van der Waals surface area contributed by atoms with E-state index in [1.54, 1.807) is 0 Å². The number of hydrogen-bond acceptors (Lipinski definition) is 4. The van der Waals surface area contributed by atoms with Crippen molar-refractivity contribution < 1.29 is 0 Å². The highest BCUT2D eigenvalue weighted by atomic mass is 16.2. The Kier molecular flexibility index (Phi) is 1.50. The lowest BCUT2D eigenvalue weighted by molar-refractivity contribution is 0.952. The topological polar surface area (TPSA) is 131 Å². The van der Waals surface area contributed by atoms with E-state index in [9.17, 15) is 19.2 Å². The summed E-state index contributed by atoms with van der Waals surface area (Å²) in [5.41, 5.74) is -3.83. The van der Waals surface area contributed by atoms with E-state index in [0.29, 0.717) is 0 Å². The second-order valence-corrected chi connectivity index (χ2v) is 2.57. The van der Waals surface area contributed by atoms with E-state index >= 15 is 0 Å². The van der Waals surface area contributed by atoms with Gasteiger partial charge in [-0.2, -0.15) is 0 Å². The van der Waals surface area contributed by atoms with Crippen molar-refractivity contribution in [2.24, 2.45) is 0 Å². The summed E-state index contributed by atoms with van der Waals surface area (Å²) in [6, 6.07) is 0. The smallest absolute Gasteiger partial charge is 0.311 e. The van der Waals surface area contributed by atoms with Crippen molar-refractivity contribution in [1.82, 2.24) is 20.2 Å². The third-order valence-electron chi connectivity index (χ3n) is 1.68. The average molecular weight is 196 g/mol. The number of H-pyrrole nitrogens is 4. The molecule has 0 aliphatic heterocycles. The molecule has 0 atom stereocenters. The van der Waals surface area contributed by atoms with Crippen LogP contribution in [0.5, 0.6) is 0 Å². The van der Waals surface area contributed by atoms with Crippen LogP contribution in [0.2, 0.25) is 0 Å². The number of rotatable bonds is 0. The Morgan fingerprint density at radius 3 is 1.29 bits per heavy atom. The van der Waals surface area contributed by atoms with E-state index in [0.717, 1.165) is 0 Å². The van der Waals surface area contributed by atoms with E-state index in [1.165, 1.54) is 0 Å². The van der Waals surface area contributed by atoms with Gasteiger partial charge in [-0.25, -0.2) is 0 Å². The SMILES string of the molecule is O=c1[nH]c2c(=O)[nH][nH]c(=O)c2[nH]c1=O. The highest BCUT2D eigenvalue weighted by Gasteiger charge is 2.05. The van der Waals surface area contributed by atoms with Gasteiger partial charge in [-0.15, -0.1) is 0 Å². The lowest BCUT2D eigenvalue weighted by atomic mass is 10.4. The maximum absolute atomic E-state index is 11.1. The number of fused-ring (bicyclic) bond motifs is 1. The van der Waals surface area contributed by atoms with Gasteiger partial charge < -0.3 is 9.97 Å². The van der Waals surface area contributed by atoms with Gasteiger partial charge in [0.25, 0.3) is 11.1 Å². The molecule has 0 saturated carbocycles. The predicted octanol–water partition coefficient (Wildman–Crippen LogP) is -2.41. The average Bonchev–Trinajstić information content (AvgIpc) is 2.15. The molecular weight excluding hydrogens is 192 g/mol. The highest BCUT2D eigenvalue weighted by Crippen LogP contribution is 1.86. The Labute approximate surface area is 73.6 Å². The Bertz CT molecular complexity index is 653. The third-order valence-corrected chi connectivity index (χ3v) is 1.68. The van der Waals surface area contributed by atoms with Gasteiger partial charge >= 0.3 is 11.1 Å². The fourth-order valence-corrected chi connectivity index (χ4v) is 1.04. The van der Waals surface area contributed by atoms with Crippen LogP contribution >= 0.6 is 0 Å². The molecule has 0 radical (unpaired) electrons. The van der Waals surface area contributed by atoms with E-state index in [4.69, 9.17) is 0 Å². The van der Waals surface area contributed by atoms with Crippen molar-refractivity contribution in [3.05, 3.63) is 41.4 Å². The van der Waals surface area contributed by atoms with Gasteiger partial charge in [-0.1, -0.05) is 0 Å². The zero-order chi connectivity index (χ0) is 10.3. The Hall–Kier alpha value is -2.38. The molecule has 4 N–H and O–H groups in total. The van der Waals surface area contributed by atoms with Crippen molar-refractivity contribution in [3.8, 4) is 0 Å². The quantitative estimate of drug-likeness (QED) is 0.349. The van der Waals surface area contributed by atoms with Crippen LogP contribution in [0.3, 0.4) is 0 Å². The molecule has 0 saturated heterocycles. The zero-order valence-electron chi connectivity index (χ0n) is 6.63. The monoisotopic (exact) mass is 196 g/mol. The third kappa shape index (κ3) is 1.01. The maximum Gasteiger partial charge on any atom is 0.314 e. The molecule has 0 fully saturated rings. The Balaban J connectivity index is 3.26. The van der Waals surface area contributed by atoms with Gasteiger partial charge in [0, 0.05) is 0 Å². The molecular formula is C6H4N4O4. The van der Waals surface area contributed by atoms with Crippen molar-refractivity contribution >= 4 is 11.0 Å². The minimum absolute atomic E-state index is 0.252. The van der Waals surface area contributed by atoms with E-state index < -0.39 is 22.2 Å². The van der Waals surface area contributed by atoms with E-state index in [-0.39, 0.29) is 11.0 Å². The van der Waals surface area contributed by atoms with Gasteiger partial charge in [0.1, 0.15) is 11.0 Å². The lowest BCUT2D eigenvalue weighted by Crippen LogP contribution is -2.34.